The molecule has 82 valence electrons. The van der Waals surface area contributed by atoms with E-state index in [1.165, 1.54) is 0 Å². The lowest BCUT2D eigenvalue weighted by Crippen LogP contribution is -2.26. The van der Waals surface area contributed by atoms with Gasteiger partial charge in [-0.3, -0.25) is 0 Å². The van der Waals surface area contributed by atoms with Gasteiger partial charge in [0.05, 0.1) is 0 Å². The molecule has 3 nitrogen and oxygen atoms in total. The van der Waals surface area contributed by atoms with E-state index in [2.05, 4.69) is 0 Å². The van der Waals surface area contributed by atoms with Crippen LogP contribution in [0.25, 0.3) is 0 Å². The number of carboxylic acid groups (broad SMARTS) is 1. The van der Waals surface area contributed by atoms with Crippen molar-refractivity contribution < 1.29 is 23.4 Å². The molecule has 0 amide bonds. The van der Waals surface area contributed by atoms with Crippen LogP contribution in [0.15, 0.2) is 18.2 Å². The van der Waals surface area contributed by atoms with Gasteiger partial charge in [0.2, 0.25) is 0 Å². The standard InChI is InChI=1S/C10H10F2O3/c1-2-8(10(13)14)15-9-4-3-6(11)5-7(9)12/h3-5,8H,2H2,1H3,(H,13,14)/t8-/m0/s1. The van der Waals surface area contributed by atoms with Crippen LogP contribution in [0.5, 0.6) is 5.75 Å². The molecule has 1 aromatic carbocycles. The maximum Gasteiger partial charge on any atom is 0.344 e. The van der Waals surface area contributed by atoms with Crippen molar-refractivity contribution in [2.24, 2.45) is 0 Å². The second-order valence-corrected chi connectivity index (χ2v) is 2.93. The number of halogens is 2. The van der Waals surface area contributed by atoms with Crippen LogP contribution >= 0.6 is 0 Å². The summed E-state index contributed by atoms with van der Waals surface area (Å²) in [6.45, 7) is 1.60. The number of hydrogen-bond donors (Lipinski definition) is 1. The summed E-state index contributed by atoms with van der Waals surface area (Å²) in [5.41, 5.74) is 0. The fourth-order valence-corrected chi connectivity index (χ4v) is 1.03. The van der Waals surface area contributed by atoms with Crippen LogP contribution < -0.4 is 4.74 Å². The Bertz CT molecular complexity index is 366. The Hall–Kier alpha value is -1.65. The Kier molecular flexibility index (Phi) is 3.60. The summed E-state index contributed by atoms with van der Waals surface area (Å²) in [4.78, 5) is 10.6. The summed E-state index contributed by atoms with van der Waals surface area (Å²) in [5.74, 6) is -3.08. The van der Waals surface area contributed by atoms with Crippen molar-refractivity contribution in [3.63, 3.8) is 0 Å². The minimum Gasteiger partial charge on any atom is -0.479 e. The summed E-state index contributed by atoms with van der Waals surface area (Å²) < 4.78 is 30.4. The van der Waals surface area contributed by atoms with Crippen LogP contribution in [0.1, 0.15) is 13.3 Å². The number of carboxylic acids is 1. The fraction of sp³-hybridized carbons (Fsp3) is 0.300. The molecule has 0 radical (unpaired) electrons. The van der Waals surface area contributed by atoms with Gasteiger partial charge in [-0.05, 0) is 18.6 Å². The Labute approximate surface area is 85.3 Å². The van der Waals surface area contributed by atoms with Crippen molar-refractivity contribution in [3.05, 3.63) is 29.8 Å². The topological polar surface area (TPSA) is 46.5 Å². The molecular weight excluding hydrogens is 206 g/mol. The molecule has 1 N–H and O–H groups in total. The maximum atomic E-state index is 13.1. The first-order valence-corrected chi connectivity index (χ1v) is 4.39. The first-order chi connectivity index (χ1) is 7.04. The summed E-state index contributed by atoms with van der Waals surface area (Å²) >= 11 is 0. The Morgan fingerprint density at radius 3 is 2.67 bits per heavy atom. The number of benzene rings is 1. The number of rotatable bonds is 4. The SMILES string of the molecule is CC[C@H](Oc1ccc(F)cc1F)C(=O)O. The van der Waals surface area contributed by atoms with Crippen molar-refractivity contribution in [2.45, 2.75) is 19.4 Å². The highest BCUT2D eigenvalue weighted by Gasteiger charge is 2.18. The van der Waals surface area contributed by atoms with E-state index in [9.17, 15) is 13.6 Å². The predicted octanol–water partition coefficient (Wildman–Crippen LogP) is 2.21. The second-order valence-electron chi connectivity index (χ2n) is 2.93. The number of ether oxygens (including phenoxy) is 1. The molecule has 0 unspecified atom stereocenters. The van der Waals surface area contributed by atoms with Gasteiger partial charge in [0, 0.05) is 6.07 Å². The quantitative estimate of drug-likeness (QED) is 0.839. The van der Waals surface area contributed by atoms with Crippen molar-refractivity contribution in [3.8, 4) is 5.75 Å². The molecule has 0 bridgehead atoms. The molecule has 0 fully saturated rings. The van der Waals surface area contributed by atoms with E-state index in [0.29, 0.717) is 6.07 Å². The average Bonchev–Trinajstić information content (AvgIpc) is 2.16. The number of hydrogen-bond acceptors (Lipinski definition) is 2. The highest BCUT2D eigenvalue weighted by molar-refractivity contribution is 5.72. The van der Waals surface area contributed by atoms with Gasteiger partial charge in [0.25, 0.3) is 0 Å². The summed E-state index contributed by atoms with van der Waals surface area (Å²) in [5, 5.41) is 8.66. The van der Waals surface area contributed by atoms with Gasteiger partial charge in [-0.1, -0.05) is 6.92 Å². The zero-order valence-electron chi connectivity index (χ0n) is 8.04. The van der Waals surface area contributed by atoms with Gasteiger partial charge in [0.1, 0.15) is 5.82 Å². The minimum absolute atomic E-state index is 0.201. The molecule has 0 spiro atoms. The van der Waals surface area contributed by atoms with Crippen LogP contribution in [-0.2, 0) is 4.79 Å². The third-order valence-corrected chi connectivity index (χ3v) is 1.81. The first kappa shape index (κ1) is 11.4. The Morgan fingerprint density at radius 1 is 1.53 bits per heavy atom. The molecule has 0 aliphatic heterocycles. The van der Waals surface area contributed by atoms with E-state index < -0.39 is 23.7 Å². The predicted molar refractivity (Wildman–Crippen MR) is 48.7 cm³/mol. The van der Waals surface area contributed by atoms with E-state index in [4.69, 9.17) is 9.84 Å². The monoisotopic (exact) mass is 216 g/mol. The third kappa shape index (κ3) is 2.90. The summed E-state index contributed by atoms with van der Waals surface area (Å²) in [6.07, 6.45) is -0.920. The highest BCUT2D eigenvalue weighted by Crippen LogP contribution is 2.19. The van der Waals surface area contributed by atoms with E-state index in [1.807, 2.05) is 0 Å². The molecule has 15 heavy (non-hydrogen) atoms. The van der Waals surface area contributed by atoms with Gasteiger partial charge < -0.3 is 9.84 Å². The van der Waals surface area contributed by atoms with Gasteiger partial charge in [-0.25, -0.2) is 13.6 Å². The van der Waals surface area contributed by atoms with Gasteiger partial charge in [-0.2, -0.15) is 0 Å². The van der Waals surface area contributed by atoms with Crippen molar-refractivity contribution in [1.29, 1.82) is 0 Å². The van der Waals surface area contributed by atoms with E-state index in [-0.39, 0.29) is 12.2 Å². The zero-order chi connectivity index (χ0) is 11.4. The molecule has 1 rings (SSSR count). The largest absolute Gasteiger partial charge is 0.479 e. The van der Waals surface area contributed by atoms with E-state index in [0.717, 1.165) is 12.1 Å². The first-order valence-electron chi connectivity index (χ1n) is 4.39. The second kappa shape index (κ2) is 4.72. The lowest BCUT2D eigenvalue weighted by atomic mass is 10.2. The molecule has 0 aliphatic rings. The van der Waals surface area contributed by atoms with Crippen LogP contribution in [0.4, 0.5) is 8.78 Å². The van der Waals surface area contributed by atoms with Gasteiger partial charge in [0.15, 0.2) is 17.7 Å². The number of aliphatic carboxylic acids is 1. The molecule has 0 aromatic heterocycles. The maximum absolute atomic E-state index is 13.1. The Balaban J connectivity index is 2.84. The molecule has 1 aromatic rings. The van der Waals surface area contributed by atoms with Crippen LogP contribution in [-0.4, -0.2) is 17.2 Å². The van der Waals surface area contributed by atoms with E-state index in [1.54, 1.807) is 6.92 Å². The highest BCUT2D eigenvalue weighted by atomic mass is 19.1. The molecule has 0 saturated carbocycles. The lowest BCUT2D eigenvalue weighted by molar-refractivity contribution is -0.145. The summed E-state index contributed by atoms with van der Waals surface area (Å²) in [6, 6.07) is 2.72. The molecule has 5 heteroatoms. The lowest BCUT2D eigenvalue weighted by Gasteiger charge is -2.13. The average molecular weight is 216 g/mol. The molecule has 1 atom stereocenters. The molecule has 0 aliphatic carbocycles. The molecular formula is C10H10F2O3. The van der Waals surface area contributed by atoms with Crippen molar-refractivity contribution in [2.75, 3.05) is 0 Å². The van der Waals surface area contributed by atoms with Crippen molar-refractivity contribution >= 4 is 5.97 Å². The van der Waals surface area contributed by atoms with Crippen LogP contribution in [0.3, 0.4) is 0 Å². The minimum atomic E-state index is -1.18. The zero-order valence-corrected chi connectivity index (χ0v) is 8.04. The normalized spacial score (nSPS) is 12.2. The smallest absolute Gasteiger partial charge is 0.344 e. The van der Waals surface area contributed by atoms with Crippen LogP contribution in [0.2, 0.25) is 0 Å². The van der Waals surface area contributed by atoms with Gasteiger partial charge >= 0.3 is 5.97 Å². The number of carbonyl (C=O) groups is 1. The molecule has 0 heterocycles. The third-order valence-electron chi connectivity index (χ3n) is 1.81. The molecule has 0 saturated heterocycles. The van der Waals surface area contributed by atoms with Crippen LogP contribution in [0, 0.1) is 11.6 Å². The van der Waals surface area contributed by atoms with Crippen molar-refractivity contribution in [1.82, 2.24) is 0 Å². The fourth-order valence-electron chi connectivity index (χ4n) is 1.03. The van der Waals surface area contributed by atoms with E-state index >= 15 is 0 Å². The Morgan fingerprint density at radius 2 is 2.20 bits per heavy atom. The summed E-state index contributed by atoms with van der Waals surface area (Å²) in [7, 11) is 0. The van der Waals surface area contributed by atoms with Gasteiger partial charge in [-0.15, -0.1) is 0 Å².